The molecule has 0 fully saturated rings. The zero-order valence-electron chi connectivity index (χ0n) is 11.1. The molecule has 0 saturated heterocycles. The Morgan fingerprint density at radius 1 is 1.32 bits per heavy atom. The maximum atomic E-state index is 10.9. The van der Waals surface area contributed by atoms with E-state index in [1.54, 1.807) is 11.3 Å². The van der Waals surface area contributed by atoms with Gasteiger partial charge >= 0.3 is 0 Å². The monoisotopic (exact) mass is 292 g/mol. The molecule has 2 aromatic rings. The Morgan fingerprint density at radius 2 is 1.95 bits per heavy atom. The SMILES string of the molecule is Cc1ncsc1-c1ccc(C(C)(C)N(S)C=O)cc1. The average Bonchev–Trinajstić information content (AvgIpc) is 2.84. The standard InChI is InChI=1S/C14H16N2OS2/c1-10-13(19-8-15-10)11-4-6-12(7-5-11)14(2,3)16(18)9-17/h4-9,18H,1-3H3. The van der Waals surface area contributed by atoms with Crippen molar-refractivity contribution in [3.8, 4) is 10.4 Å². The quantitative estimate of drug-likeness (QED) is 0.689. The summed E-state index contributed by atoms with van der Waals surface area (Å²) in [5.74, 6) is 0. The third kappa shape index (κ3) is 2.67. The summed E-state index contributed by atoms with van der Waals surface area (Å²) in [6.07, 6.45) is 0.727. The van der Waals surface area contributed by atoms with E-state index in [4.69, 9.17) is 0 Å². The van der Waals surface area contributed by atoms with Crippen molar-refractivity contribution in [2.24, 2.45) is 0 Å². The van der Waals surface area contributed by atoms with Crippen LogP contribution >= 0.6 is 24.2 Å². The van der Waals surface area contributed by atoms with Gasteiger partial charge in [-0.25, -0.2) is 4.98 Å². The third-order valence-electron chi connectivity index (χ3n) is 3.27. The van der Waals surface area contributed by atoms with Gasteiger partial charge in [-0.3, -0.25) is 9.10 Å². The summed E-state index contributed by atoms with van der Waals surface area (Å²) in [6, 6.07) is 8.18. The second kappa shape index (κ2) is 5.35. The van der Waals surface area contributed by atoms with Crippen molar-refractivity contribution in [3.63, 3.8) is 0 Å². The van der Waals surface area contributed by atoms with Crippen LogP contribution in [0.5, 0.6) is 0 Å². The number of hydrogen-bond acceptors (Lipinski definition) is 4. The predicted molar refractivity (Wildman–Crippen MR) is 82.2 cm³/mol. The second-order valence-electron chi connectivity index (χ2n) is 4.85. The molecule has 0 atom stereocenters. The lowest BCUT2D eigenvalue weighted by molar-refractivity contribution is -0.116. The zero-order chi connectivity index (χ0) is 14.0. The minimum absolute atomic E-state index is 0.438. The van der Waals surface area contributed by atoms with Gasteiger partial charge in [0, 0.05) is 0 Å². The molecule has 0 aliphatic carbocycles. The first-order chi connectivity index (χ1) is 8.96. The van der Waals surface area contributed by atoms with Crippen LogP contribution in [0.3, 0.4) is 0 Å². The lowest BCUT2D eigenvalue weighted by atomic mass is 9.93. The van der Waals surface area contributed by atoms with E-state index in [2.05, 4.69) is 29.9 Å². The van der Waals surface area contributed by atoms with Crippen molar-refractivity contribution in [1.82, 2.24) is 9.29 Å². The lowest BCUT2D eigenvalue weighted by Gasteiger charge is -2.31. The number of carbonyl (C=O) groups is 1. The van der Waals surface area contributed by atoms with Crippen molar-refractivity contribution in [1.29, 1.82) is 0 Å². The maximum Gasteiger partial charge on any atom is 0.220 e. The van der Waals surface area contributed by atoms with Gasteiger partial charge in [-0.1, -0.05) is 37.1 Å². The van der Waals surface area contributed by atoms with E-state index >= 15 is 0 Å². The third-order valence-corrected chi connectivity index (χ3v) is 4.84. The van der Waals surface area contributed by atoms with Crippen LogP contribution in [0.2, 0.25) is 0 Å². The first-order valence-electron chi connectivity index (χ1n) is 5.91. The summed E-state index contributed by atoms with van der Waals surface area (Å²) in [6.45, 7) is 5.92. The van der Waals surface area contributed by atoms with E-state index in [1.165, 1.54) is 9.18 Å². The van der Waals surface area contributed by atoms with Crippen molar-refractivity contribution in [3.05, 3.63) is 41.0 Å². The van der Waals surface area contributed by atoms with Crippen LogP contribution in [-0.2, 0) is 10.3 Å². The topological polar surface area (TPSA) is 33.2 Å². The molecule has 0 unspecified atom stereocenters. The van der Waals surface area contributed by atoms with Gasteiger partial charge in [0.25, 0.3) is 0 Å². The molecule has 1 heterocycles. The number of thiazole rings is 1. The van der Waals surface area contributed by atoms with E-state index in [0.717, 1.165) is 23.2 Å². The second-order valence-corrected chi connectivity index (χ2v) is 6.14. The van der Waals surface area contributed by atoms with Crippen molar-refractivity contribution in [2.75, 3.05) is 0 Å². The molecule has 0 spiro atoms. The number of amides is 1. The number of aryl methyl sites for hydroxylation is 1. The van der Waals surface area contributed by atoms with Crippen LogP contribution in [0.4, 0.5) is 0 Å². The summed E-state index contributed by atoms with van der Waals surface area (Å²) < 4.78 is 1.37. The molecule has 1 amide bonds. The van der Waals surface area contributed by atoms with Crippen molar-refractivity contribution >= 4 is 30.6 Å². The molecular formula is C14H16N2OS2. The molecule has 1 aromatic carbocycles. The zero-order valence-corrected chi connectivity index (χ0v) is 12.8. The molecule has 5 heteroatoms. The molecule has 100 valence electrons. The number of hydrogen-bond donors (Lipinski definition) is 1. The predicted octanol–water partition coefficient (Wildman–Crippen LogP) is 3.66. The van der Waals surface area contributed by atoms with Gasteiger partial charge < -0.3 is 0 Å². The van der Waals surface area contributed by atoms with Crippen molar-refractivity contribution in [2.45, 2.75) is 26.3 Å². The molecule has 19 heavy (non-hydrogen) atoms. The molecule has 1 aromatic heterocycles. The largest absolute Gasteiger partial charge is 0.282 e. The molecule has 0 N–H and O–H groups in total. The highest BCUT2D eigenvalue weighted by atomic mass is 32.1. The fourth-order valence-electron chi connectivity index (χ4n) is 1.87. The van der Waals surface area contributed by atoms with Crippen LogP contribution in [0, 0.1) is 6.92 Å². The van der Waals surface area contributed by atoms with Gasteiger partial charge in [0.1, 0.15) is 0 Å². The summed E-state index contributed by atoms with van der Waals surface area (Å²) in [4.78, 5) is 16.3. The van der Waals surface area contributed by atoms with Gasteiger partial charge in [0.15, 0.2) is 0 Å². The summed E-state index contributed by atoms with van der Waals surface area (Å²) in [5.41, 5.74) is 4.65. The number of thiol groups is 1. The Balaban J connectivity index is 2.34. The van der Waals surface area contributed by atoms with Gasteiger partial charge in [0.05, 0.1) is 21.6 Å². The Bertz CT molecular complexity index is 575. The number of nitrogens with zero attached hydrogens (tertiary/aromatic N) is 2. The van der Waals surface area contributed by atoms with Gasteiger partial charge in [-0.2, -0.15) is 0 Å². The maximum absolute atomic E-state index is 10.9. The highest BCUT2D eigenvalue weighted by Crippen LogP contribution is 2.32. The molecule has 0 aliphatic heterocycles. The molecule has 0 saturated carbocycles. The van der Waals surface area contributed by atoms with Gasteiger partial charge in [-0.05, 0) is 31.9 Å². The smallest absolute Gasteiger partial charge is 0.220 e. The highest BCUT2D eigenvalue weighted by Gasteiger charge is 2.25. The minimum Gasteiger partial charge on any atom is -0.282 e. The molecule has 0 bridgehead atoms. The number of aromatic nitrogens is 1. The van der Waals surface area contributed by atoms with Crippen LogP contribution < -0.4 is 0 Å². The Hall–Kier alpha value is -1.33. The number of rotatable bonds is 4. The summed E-state index contributed by atoms with van der Waals surface area (Å²) >= 11 is 5.82. The first-order valence-corrected chi connectivity index (χ1v) is 7.19. The molecule has 0 aliphatic rings. The fourth-order valence-corrected chi connectivity index (χ4v) is 2.80. The summed E-state index contributed by atoms with van der Waals surface area (Å²) in [5, 5.41) is 0. The number of benzene rings is 1. The summed E-state index contributed by atoms with van der Waals surface area (Å²) in [7, 11) is 0. The fraction of sp³-hybridized carbons (Fsp3) is 0.286. The van der Waals surface area contributed by atoms with E-state index in [1.807, 2.05) is 38.4 Å². The van der Waals surface area contributed by atoms with E-state index in [0.29, 0.717) is 0 Å². The van der Waals surface area contributed by atoms with E-state index < -0.39 is 5.54 Å². The van der Waals surface area contributed by atoms with Crippen LogP contribution in [0.15, 0.2) is 29.8 Å². The van der Waals surface area contributed by atoms with Crippen molar-refractivity contribution < 1.29 is 4.79 Å². The molecule has 3 nitrogen and oxygen atoms in total. The Labute approximate surface area is 122 Å². The average molecular weight is 292 g/mol. The number of carbonyl (C=O) groups excluding carboxylic acids is 1. The molecular weight excluding hydrogens is 276 g/mol. The van der Waals surface area contributed by atoms with Crippen LogP contribution in [-0.4, -0.2) is 15.7 Å². The van der Waals surface area contributed by atoms with E-state index in [-0.39, 0.29) is 0 Å². The van der Waals surface area contributed by atoms with Crippen LogP contribution in [0.1, 0.15) is 25.1 Å². The van der Waals surface area contributed by atoms with E-state index in [9.17, 15) is 4.79 Å². The Kier molecular flexibility index (Phi) is 3.96. The lowest BCUT2D eigenvalue weighted by Crippen LogP contribution is -2.33. The van der Waals surface area contributed by atoms with Gasteiger partial charge in [-0.15, -0.1) is 11.3 Å². The normalized spacial score (nSPS) is 11.4. The molecule has 2 rings (SSSR count). The molecule has 0 radical (unpaired) electrons. The minimum atomic E-state index is -0.438. The Morgan fingerprint density at radius 3 is 2.42 bits per heavy atom. The first kappa shape index (κ1) is 14.1. The van der Waals surface area contributed by atoms with Crippen LogP contribution in [0.25, 0.3) is 10.4 Å². The highest BCUT2D eigenvalue weighted by molar-refractivity contribution is 7.78. The van der Waals surface area contributed by atoms with Gasteiger partial charge in [0.2, 0.25) is 6.41 Å².